The van der Waals surface area contributed by atoms with Crippen molar-refractivity contribution in [3.63, 3.8) is 0 Å². The maximum absolute atomic E-state index is 12.0. The van der Waals surface area contributed by atoms with Crippen LogP contribution in [0.1, 0.15) is 27.7 Å². The molecule has 0 saturated heterocycles. The van der Waals surface area contributed by atoms with Gasteiger partial charge in [0.15, 0.2) is 10.9 Å². The molecule has 0 saturated carbocycles. The highest BCUT2D eigenvalue weighted by Crippen LogP contribution is 2.34. The third-order valence-electron chi connectivity index (χ3n) is 3.13. The van der Waals surface area contributed by atoms with E-state index in [2.05, 4.69) is 15.7 Å². The first-order valence-corrected chi connectivity index (χ1v) is 7.97. The van der Waals surface area contributed by atoms with Gasteiger partial charge >= 0.3 is 5.97 Å². The second-order valence-corrected chi connectivity index (χ2v) is 6.27. The Hall–Kier alpha value is -1.93. The molecule has 0 aromatic carbocycles. The normalized spacial score (nSPS) is 10.4. The van der Waals surface area contributed by atoms with Gasteiger partial charge in [-0.1, -0.05) is 6.92 Å². The monoisotopic (exact) mass is 338 g/mol. The van der Waals surface area contributed by atoms with E-state index in [0.717, 1.165) is 16.9 Å². The van der Waals surface area contributed by atoms with Gasteiger partial charge in [-0.2, -0.15) is 5.10 Å². The van der Waals surface area contributed by atoms with Crippen molar-refractivity contribution < 1.29 is 9.53 Å². The van der Waals surface area contributed by atoms with Crippen LogP contribution in [0.4, 0.5) is 10.8 Å². The number of aryl methyl sites for hydroxylation is 2. The second-order valence-electron chi connectivity index (χ2n) is 4.64. The van der Waals surface area contributed by atoms with Crippen LogP contribution in [0.5, 0.6) is 0 Å². The van der Waals surface area contributed by atoms with E-state index in [1.54, 1.807) is 4.68 Å². The zero-order chi connectivity index (χ0) is 16.3. The summed E-state index contributed by atoms with van der Waals surface area (Å²) >= 11 is 6.77. The molecule has 6 nitrogen and oxygen atoms in total. The Morgan fingerprint density at radius 1 is 1.50 bits per heavy atom. The molecule has 0 atom stereocenters. The highest BCUT2D eigenvalue weighted by atomic mass is 32.1. The third kappa shape index (κ3) is 3.45. The summed E-state index contributed by atoms with van der Waals surface area (Å²) in [6.45, 7) is 3.99. The van der Waals surface area contributed by atoms with Crippen LogP contribution in [-0.4, -0.2) is 28.0 Å². The molecule has 0 unspecified atom stereocenters. The van der Waals surface area contributed by atoms with E-state index < -0.39 is 0 Å². The quantitative estimate of drug-likeness (QED) is 0.660. The summed E-state index contributed by atoms with van der Waals surface area (Å²) < 4.78 is 6.56. The number of methoxy groups -OCH3 is 1. The Labute approximate surface area is 138 Å². The zero-order valence-corrected chi connectivity index (χ0v) is 14.5. The Bertz CT molecular complexity index is 706. The number of nitrogens with one attached hydrogen (secondary N) is 2. The van der Waals surface area contributed by atoms with Gasteiger partial charge in [-0.05, 0) is 31.1 Å². The van der Waals surface area contributed by atoms with Crippen molar-refractivity contribution in [2.45, 2.75) is 20.3 Å². The van der Waals surface area contributed by atoms with E-state index in [9.17, 15) is 4.79 Å². The van der Waals surface area contributed by atoms with E-state index in [-0.39, 0.29) is 5.97 Å². The fourth-order valence-corrected chi connectivity index (χ4v) is 3.55. The molecule has 118 valence electrons. The lowest BCUT2D eigenvalue weighted by atomic mass is 10.1. The minimum atomic E-state index is -0.357. The van der Waals surface area contributed by atoms with E-state index in [0.29, 0.717) is 21.5 Å². The van der Waals surface area contributed by atoms with Gasteiger partial charge in [-0.3, -0.25) is 4.68 Å². The minimum Gasteiger partial charge on any atom is -0.465 e. The minimum absolute atomic E-state index is 0.357. The van der Waals surface area contributed by atoms with Crippen molar-refractivity contribution >= 4 is 45.5 Å². The van der Waals surface area contributed by atoms with Crippen molar-refractivity contribution in [1.29, 1.82) is 0 Å². The van der Waals surface area contributed by atoms with Gasteiger partial charge in [0.1, 0.15) is 5.00 Å². The molecule has 0 amide bonds. The molecule has 2 aromatic heterocycles. The number of nitrogens with zero attached hydrogens (tertiary/aromatic N) is 2. The zero-order valence-electron chi connectivity index (χ0n) is 12.9. The molecular weight excluding hydrogens is 320 g/mol. The van der Waals surface area contributed by atoms with E-state index in [1.807, 2.05) is 33.2 Å². The van der Waals surface area contributed by atoms with Gasteiger partial charge in [-0.15, -0.1) is 11.3 Å². The van der Waals surface area contributed by atoms with Crippen LogP contribution in [0.3, 0.4) is 0 Å². The number of esters is 1. The lowest BCUT2D eigenvalue weighted by molar-refractivity contribution is 0.0601. The third-order valence-corrected chi connectivity index (χ3v) is 4.40. The standard InChI is InChI=1S/C14H18N4O2S2/c1-5-9-8(2)22-12(11(9)13(19)20-4)16-14(21)15-10-6-7-18(3)17-10/h6-7H,5H2,1-4H3,(H2,15,16,17,21). The van der Waals surface area contributed by atoms with Crippen LogP contribution in [0, 0.1) is 6.92 Å². The van der Waals surface area contributed by atoms with Gasteiger partial charge in [0.05, 0.1) is 12.7 Å². The van der Waals surface area contributed by atoms with Crippen LogP contribution < -0.4 is 10.6 Å². The second kappa shape index (κ2) is 6.89. The number of aromatic nitrogens is 2. The predicted molar refractivity (Wildman–Crippen MR) is 92.8 cm³/mol. The molecule has 0 fully saturated rings. The fraction of sp³-hybridized carbons (Fsp3) is 0.357. The van der Waals surface area contributed by atoms with Crippen molar-refractivity contribution in [3.8, 4) is 0 Å². The van der Waals surface area contributed by atoms with Gasteiger partial charge in [0, 0.05) is 24.2 Å². The number of hydrogen-bond acceptors (Lipinski definition) is 5. The lowest BCUT2D eigenvalue weighted by Crippen LogP contribution is -2.20. The molecule has 0 spiro atoms. The summed E-state index contributed by atoms with van der Waals surface area (Å²) in [6.07, 6.45) is 2.57. The number of thiocarbonyl (C=S) groups is 1. The molecule has 0 aliphatic carbocycles. The summed E-state index contributed by atoms with van der Waals surface area (Å²) in [6, 6.07) is 1.81. The summed E-state index contributed by atoms with van der Waals surface area (Å²) in [5.74, 6) is 0.285. The largest absolute Gasteiger partial charge is 0.465 e. The number of rotatable bonds is 4. The van der Waals surface area contributed by atoms with Crippen molar-refractivity contribution in [2.24, 2.45) is 7.05 Å². The lowest BCUT2D eigenvalue weighted by Gasteiger charge is -2.09. The van der Waals surface area contributed by atoms with Crippen LogP contribution >= 0.6 is 23.6 Å². The first-order valence-electron chi connectivity index (χ1n) is 6.74. The molecule has 0 bridgehead atoms. The number of carbonyl (C=O) groups excluding carboxylic acids is 1. The Balaban J connectivity index is 2.21. The Morgan fingerprint density at radius 2 is 2.23 bits per heavy atom. The molecule has 8 heteroatoms. The molecule has 2 aromatic rings. The highest BCUT2D eigenvalue weighted by molar-refractivity contribution is 7.80. The Morgan fingerprint density at radius 3 is 2.77 bits per heavy atom. The number of hydrogen-bond donors (Lipinski definition) is 2. The van der Waals surface area contributed by atoms with Crippen LogP contribution in [-0.2, 0) is 18.2 Å². The van der Waals surface area contributed by atoms with E-state index in [4.69, 9.17) is 17.0 Å². The van der Waals surface area contributed by atoms with E-state index >= 15 is 0 Å². The topological polar surface area (TPSA) is 68.2 Å². The maximum atomic E-state index is 12.0. The summed E-state index contributed by atoms with van der Waals surface area (Å²) in [5, 5.41) is 11.3. The molecule has 2 heterocycles. The average Bonchev–Trinajstić information content (AvgIpc) is 3.00. The molecular formula is C14H18N4O2S2. The van der Waals surface area contributed by atoms with Gasteiger partial charge in [0.2, 0.25) is 0 Å². The maximum Gasteiger partial charge on any atom is 0.341 e. The average molecular weight is 338 g/mol. The molecule has 2 rings (SSSR count). The van der Waals surface area contributed by atoms with Crippen LogP contribution in [0.2, 0.25) is 0 Å². The SMILES string of the molecule is CCc1c(C)sc(NC(=S)Nc2ccn(C)n2)c1C(=O)OC. The number of anilines is 2. The van der Waals surface area contributed by atoms with Gasteiger partial charge < -0.3 is 15.4 Å². The number of ether oxygens (including phenoxy) is 1. The summed E-state index contributed by atoms with van der Waals surface area (Å²) in [7, 11) is 3.20. The van der Waals surface area contributed by atoms with Crippen molar-refractivity contribution in [3.05, 3.63) is 28.3 Å². The van der Waals surface area contributed by atoms with Gasteiger partial charge in [-0.25, -0.2) is 4.79 Å². The van der Waals surface area contributed by atoms with E-state index in [1.165, 1.54) is 18.4 Å². The highest BCUT2D eigenvalue weighted by Gasteiger charge is 2.22. The van der Waals surface area contributed by atoms with Crippen LogP contribution in [0.15, 0.2) is 12.3 Å². The van der Waals surface area contributed by atoms with Gasteiger partial charge in [0.25, 0.3) is 0 Å². The van der Waals surface area contributed by atoms with Crippen LogP contribution in [0.25, 0.3) is 0 Å². The first-order chi connectivity index (χ1) is 10.5. The first kappa shape index (κ1) is 16.4. The fourth-order valence-electron chi connectivity index (χ4n) is 2.14. The number of carbonyl (C=O) groups is 1. The molecule has 22 heavy (non-hydrogen) atoms. The smallest absolute Gasteiger partial charge is 0.341 e. The number of thiophene rings is 1. The molecule has 0 aliphatic rings. The van der Waals surface area contributed by atoms with Crippen molar-refractivity contribution in [1.82, 2.24) is 9.78 Å². The summed E-state index contributed by atoms with van der Waals surface area (Å²) in [4.78, 5) is 13.1. The Kier molecular flexibility index (Phi) is 5.15. The molecule has 0 aliphatic heterocycles. The molecule has 0 radical (unpaired) electrons. The molecule has 2 N–H and O–H groups in total. The van der Waals surface area contributed by atoms with Crippen molar-refractivity contribution in [2.75, 3.05) is 17.7 Å². The summed E-state index contributed by atoms with van der Waals surface area (Å²) in [5.41, 5.74) is 1.54. The predicted octanol–water partition coefficient (Wildman–Crippen LogP) is 2.95.